The second-order valence-corrected chi connectivity index (χ2v) is 26.8. The van der Waals surface area contributed by atoms with Gasteiger partial charge in [0.15, 0.2) is 5.58 Å². The molecule has 0 saturated heterocycles. The van der Waals surface area contributed by atoms with Gasteiger partial charge in [0, 0.05) is 38.0 Å². The molecule has 5 heteroatoms. The highest BCUT2D eigenvalue weighted by atomic mass is 28.3. The predicted octanol–water partition coefficient (Wildman–Crippen LogP) is 12.5. The standard InChI is InChI=1S/C48H42N2OSi2/c1-52(2,3)34-21-25-43-40(29-34)38-27-31(19-23-42(38)49(43)33-13-8-7-9-14-33)32-20-24-44-39(28-32)41-30-35(53(4,5)6)22-26-45(41)50(44)46-17-12-16-37-36-15-10-11-18-47(36)51-48(37)46/h7-30H,1-6H3. The molecule has 0 saturated carbocycles. The van der Waals surface area contributed by atoms with Gasteiger partial charge in [0.2, 0.25) is 0 Å². The van der Waals surface area contributed by atoms with Gasteiger partial charge >= 0.3 is 0 Å². The van der Waals surface area contributed by atoms with Crippen LogP contribution < -0.4 is 10.4 Å². The Morgan fingerprint density at radius 3 is 1.47 bits per heavy atom. The van der Waals surface area contributed by atoms with E-state index in [1.807, 2.05) is 6.07 Å². The van der Waals surface area contributed by atoms with E-state index in [1.54, 1.807) is 0 Å². The van der Waals surface area contributed by atoms with Crippen molar-refractivity contribution in [3.63, 3.8) is 0 Å². The zero-order valence-corrected chi connectivity index (χ0v) is 33.2. The maximum Gasteiger partial charge on any atom is 0.159 e. The molecule has 0 unspecified atom stereocenters. The summed E-state index contributed by atoms with van der Waals surface area (Å²) in [7, 11) is -3.11. The number of nitrogens with zero attached hydrogens (tertiary/aromatic N) is 2. The lowest BCUT2D eigenvalue weighted by Gasteiger charge is -2.17. The number of hydrogen-bond acceptors (Lipinski definition) is 1. The van der Waals surface area contributed by atoms with Gasteiger partial charge in [-0.2, -0.15) is 0 Å². The minimum absolute atomic E-state index is 0.917. The summed E-state index contributed by atoms with van der Waals surface area (Å²) in [5, 5.41) is 10.4. The predicted molar refractivity (Wildman–Crippen MR) is 234 cm³/mol. The van der Waals surface area contributed by atoms with Crippen molar-refractivity contribution in [3.05, 3.63) is 146 Å². The smallest absolute Gasteiger partial charge is 0.159 e. The zero-order valence-electron chi connectivity index (χ0n) is 31.2. The van der Waals surface area contributed by atoms with Gasteiger partial charge in [-0.1, -0.05) is 135 Å². The Kier molecular flexibility index (Phi) is 6.92. The van der Waals surface area contributed by atoms with Crippen LogP contribution in [0.1, 0.15) is 0 Å². The first-order valence-corrected chi connectivity index (χ1v) is 25.7. The summed E-state index contributed by atoms with van der Waals surface area (Å²) in [5.41, 5.74) is 11.4. The number of rotatable bonds is 5. The number of hydrogen-bond donors (Lipinski definition) is 0. The molecule has 0 N–H and O–H groups in total. The second-order valence-electron chi connectivity index (χ2n) is 16.7. The van der Waals surface area contributed by atoms with E-state index in [0.717, 1.165) is 27.6 Å². The van der Waals surface area contributed by atoms with Crippen molar-refractivity contribution >= 4 is 92.1 Å². The van der Waals surface area contributed by atoms with Crippen LogP contribution in [0, 0.1) is 0 Å². The molecular formula is C48H42N2OSi2. The number of para-hydroxylation sites is 3. The van der Waals surface area contributed by atoms with Gasteiger partial charge in [0.05, 0.1) is 43.9 Å². The monoisotopic (exact) mass is 718 g/mol. The molecule has 0 amide bonds. The Labute approximate surface area is 311 Å². The fraction of sp³-hybridized carbons (Fsp3) is 0.125. The van der Waals surface area contributed by atoms with Crippen LogP contribution in [0.25, 0.3) is 88.1 Å². The van der Waals surface area contributed by atoms with Crippen LogP contribution in [-0.2, 0) is 0 Å². The normalized spacial score (nSPS) is 12.7. The fourth-order valence-corrected chi connectivity index (χ4v) is 10.7. The first kappa shape index (κ1) is 32.1. The average Bonchev–Trinajstić information content (AvgIpc) is 3.81. The molecule has 0 atom stereocenters. The third kappa shape index (κ3) is 4.98. The number of aromatic nitrogens is 2. The second kappa shape index (κ2) is 11.4. The van der Waals surface area contributed by atoms with Crippen LogP contribution in [0.5, 0.6) is 0 Å². The molecular weight excluding hydrogens is 677 g/mol. The quantitative estimate of drug-likeness (QED) is 0.163. The molecule has 0 aliphatic heterocycles. The molecule has 3 aromatic heterocycles. The van der Waals surface area contributed by atoms with Gasteiger partial charge < -0.3 is 13.6 Å². The molecule has 53 heavy (non-hydrogen) atoms. The summed E-state index contributed by atoms with van der Waals surface area (Å²) in [6, 6.07) is 54.1. The van der Waals surface area contributed by atoms with Crippen molar-refractivity contribution in [2.45, 2.75) is 39.3 Å². The van der Waals surface area contributed by atoms with E-state index in [4.69, 9.17) is 4.42 Å². The van der Waals surface area contributed by atoms with Gasteiger partial charge in [-0.05, 0) is 71.8 Å². The summed E-state index contributed by atoms with van der Waals surface area (Å²) in [4.78, 5) is 0. The molecule has 0 spiro atoms. The molecule has 258 valence electrons. The van der Waals surface area contributed by atoms with Crippen molar-refractivity contribution in [1.29, 1.82) is 0 Å². The van der Waals surface area contributed by atoms with Crippen molar-refractivity contribution in [1.82, 2.24) is 9.13 Å². The topological polar surface area (TPSA) is 23.0 Å². The summed E-state index contributed by atoms with van der Waals surface area (Å²) in [6.45, 7) is 14.6. The van der Waals surface area contributed by atoms with Gasteiger partial charge in [-0.3, -0.25) is 0 Å². The Morgan fingerprint density at radius 2 is 0.887 bits per heavy atom. The highest BCUT2D eigenvalue weighted by Crippen LogP contribution is 2.40. The van der Waals surface area contributed by atoms with Gasteiger partial charge in [-0.15, -0.1) is 0 Å². The van der Waals surface area contributed by atoms with Gasteiger partial charge in [0.1, 0.15) is 5.58 Å². The van der Waals surface area contributed by atoms with Crippen molar-refractivity contribution in [2.75, 3.05) is 0 Å². The number of benzene rings is 7. The molecule has 0 aliphatic carbocycles. The molecule has 3 nitrogen and oxygen atoms in total. The molecule has 0 aliphatic rings. The minimum atomic E-state index is -1.58. The van der Waals surface area contributed by atoms with Crippen molar-refractivity contribution < 1.29 is 4.42 Å². The van der Waals surface area contributed by atoms with E-state index in [0.29, 0.717) is 0 Å². The van der Waals surface area contributed by atoms with E-state index in [9.17, 15) is 0 Å². The first-order chi connectivity index (χ1) is 25.5. The minimum Gasteiger partial charge on any atom is -0.454 e. The SMILES string of the molecule is C[Si](C)(C)c1ccc2c(c1)c1cc(-c3ccc4c(c3)c3cc([Si](C)(C)C)ccc3n4-c3cccc4c3oc3ccccc34)ccc1n2-c1ccccc1. The summed E-state index contributed by atoms with van der Waals surface area (Å²) >= 11 is 0. The Morgan fingerprint density at radius 1 is 0.396 bits per heavy atom. The average molecular weight is 719 g/mol. The maximum atomic E-state index is 6.60. The summed E-state index contributed by atoms with van der Waals surface area (Å²) in [5.74, 6) is 0. The molecule has 0 bridgehead atoms. The largest absolute Gasteiger partial charge is 0.454 e. The van der Waals surface area contributed by atoms with Crippen LogP contribution in [-0.4, -0.2) is 25.3 Å². The summed E-state index contributed by atoms with van der Waals surface area (Å²) in [6.07, 6.45) is 0. The first-order valence-electron chi connectivity index (χ1n) is 18.7. The summed E-state index contributed by atoms with van der Waals surface area (Å²) < 4.78 is 11.4. The molecule has 10 aromatic rings. The lowest BCUT2D eigenvalue weighted by molar-refractivity contribution is 0.666. The Hall–Kier alpha value is -5.63. The van der Waals surface area contributed by atoms with Crippen LogP contribution in [0.2, 0.25) is 39.3 Å². The fourth-order valence-electron chi connectivity index (χ4n) is 8.36. The van der Waals surface area contributed by atoms with E-state index in [1.165, 1.54) is 70.8 Å². The highest BCUT2D eigenvalue weighted by Gasteiger charge is 2.23. The van der Waals surface area contributed by atoms with Crippen LogP contribution >= 0.6 is 0 Å². The van der Waals surface area contributed by atoms with E-state index in [-0.39, 0.29) is 0 Å². The van der Waals surface area contributed by atoms with Crippen molar-refractivity contribution in [2.24, 2.45) is 0 Å². The molecule has 0 fully saturated rings. The number of furan rings is 1. The number of fused-ring (bicyclic) bond motifs is 9. The van der Waals surface area contributed by atoms with Crippen LogP contribution in [0.15, 0.2) is 150 Å². The Balaban J connectivity index is 1.23. The molecule has 7 aromatic carbocycles. The van der Waals surface area contributed by atoms with Gasteiger partial charge in [0.25, 0.3) is 0 Å². The molecule has 10 rings (SSSR count). The highest BCUT2D eigenvalue weighted by molar-refractivity contribution is 6.89. The molecule has 0 radical (unpaired) electrons. The maximum absolute atomic E-state index is 6.60. The lowest BCUT2D eigenvalue weighted by atomic mass is 10.0. The van der Waals surface area contributed by atoms with E-state index in [2.05, 4.69) is 188 Å². The third-order valence-electron chi connectivity index (χ3n) is 11.2. The van der Waals surface area contributed by atoms with Crippen molar-refractivity contribution in [3.8, 4) is 22.5 Å². The lowest BCUT2D eigenvalue weighted by Crippen LogP contribution is -2.37. The zero-order chi connectivity index (χ0) is 36.2. The van der Waals surface area contributed by atoms with Crippen LogP contribution in [0.3, 0.4) is 0 Å². The van der Waals surface area contributed by atoms with Crippen LogP contribution in [0.4, 0.5) is 0 Å². The van der Waals surface area contributed by atoms with E-state index >= 15 is 0 Å². The third-order valence-corrected chi connectivity index (χ3v) is 15.3. The van der Waals surface area contributed by atoms with Gasteiger partial charge in [-0.25, -0.2) is 0 Å². The van der Waals surface area contributed by atoms with E-state index < -0.39 is 16.1 Å². The molecule has 3 heterocycles. The Bertz CT molecular complexity index is 3080.